The molecular formula is C27H29N7O2S. The molecule has 4 aromatic heterocycles. The Kier molecular flexibility index (Phi) is 6.56. The maximum absolute atomic E-state index is 13.9. The number of hydroxylamine groups is 2. The second-order valence-electron chi connectivity index (χ2n) is 9.44. The minimum absolute atomic E-state index is 0.0510. The van der Waals surface area contributed by atoms with Crippen LogP contribution in [0.15, 0.2) is 59.5 Å². The highest BCUT2D eigenvalue weighted by atomic mass is 32.1. The lowest BCUT2D eigenvalue weighted by molar-refractivity contribution is -0.149. The van der Waals surface area contributed by atoms with Gasteiger partial charge in [0.25, 0.3) is 0 Å². The van der Waals surface area contributed by atoms with Gasteiger partial charge in [-0.25, -0.2) is 0 Å². The number of thiazole rings is 1. The number of anilines is 1. The monoisotopic (exact) mass is 515 g/mol. The Hall–Kier alpha value is -3.44. The summed E-state index contributed by atoms with van der Waals surface area (Å²) in [6.45, 7) is 4.47. The normalized spacial score (nSPS) is 14.9. The number of benzene rings is 1. The highest BCUT2D eigenvalue weighted by Crippen LogP contribution is 2.31. The van der Waals surface area contributed by atoms with E-state index in [2.05, 4.69) is 48.6 Å². The van der Waals surface area contributed by atoms with Gasteiger partial charge >= 0.3 is 0 Å². The summed E-state index contributed by atoms with van der Waals surface area (Å²) in [5.41, 5.74) is 3.19. The van der Waals surface area contributed by atoms with Crippen LogP contribution < -0.4 is 10.3 Å². The predicted molar refractivity (Wildman–Crippen MR) is 147 cm³/mol. The van der Waals surface area contributed by atoms with E-state index in [1.807, 2.05) is 43.4 Å². The molecule has 0 N–H and O–H groups in total. The lowest BCUT2D eigenvalue weighted by Gasteiger charge is -2.32. The van der Waals surface area contributed by atoms with Gasteiger partial charge in [0.05, 0.1) is 21.2 Å². The molecule has 0 aliphatic carbocycles. The fraction of sp³-hybridized carbons (Fsp3) is 0.333. The average Bonchev–Trinajstić information content (AvgIpc) is 3.32. The number of para-hydroxylation sites is 1. The number of hydrogen-bond acceptors (Lipinski definition) is 9. The highest BCUT2D eigenvalue weighted by molar-refractivity contribution is 7.24. The Morgan fingerprint density at radius 3 is 2.68 bits per heavy atom. The predicted octanol–water partition coefficient (Wildman–Crippen LogP) is 3.21. The summed E-state index contributed by atoms with van der Waals surface area (Å²) in [6, 6.07) is 15.9. The van der Waals surface area contributed by atoms with Gasteiger partial charge in [-0.15, -0.1) is 21.5 Å². The topological polar surface area (TPSA) is 79.1 Å². The van der Waals surface area contributed by atoms with E-state index in [1.165, 1.54) is 0 Å². The van der Waals surface area contributed by atoms with Crippen LogP contribution in [0.4, 0.5) is 5.82 Å². The van der Waals surface area contributed by atoms with Crippen LogP contribution in [0.5, 0.6) is 0 Å². The van der Waals surface area contributed by atoms with Crippen molar-refractivity contribution in [3.8, 4) is 0 Å². The molecule has 1 saturated heterocycles. The van der Waals surface area contributed by atoms with Crippen molar-refractivity contribution in [2.45, 2.75) is 13.0 Å². The summed E-state index contributed by atoms with van der Waals surface area (Å²) < 4.78 is 3.15. The molecule has 190 valence electrons. The number of pyridine rings is 2. The van der Waals surface area contributed by atoms with Crippen LogP contribution in [0, 0.1) is 0 Å². The molecule has 9 nitrogen and oxygen atoms in total. The molecule has 0 amide bonds. The average molecular weight is 516 g/mol. The van der Waals surface area contributed by atoms with Gasteiger partial charge in [-0.3, -0.25) is 19.0 Å². The zero-order chi connectivity index (χ0) is 25.4. The smallest absolute Gasteiger partial charge is 0.198 e. The number of rotatable bonds is 7. The van der Waals surface area contributed by atoms with Crippen molar-refractivity contribution in [3.63, 3.8) is 0 Å². The molecule has 5 aromatic rings. The van der Waals surface area contributed by atoms with E-state index in [4.69, 9.17) is 4.84 Å². The quantitative estimate of drug-likeness (QED) is 0.306. The molecule has 0 bridgehead atoms. The second kappa shape index (κ2) is 10.1. The van der Waals surface area contributed by atoms with Gasteiger partial charge < -0.3 is 9.80 Å². The number of hydrogen-bond donors (Lipinski definition) is 0. The zero-order valence-electron chi connectivity index (χ0n) is 21.0. The van der Waals surface area contributed by atoms with Crippen LogP contribution in [0.2, 0.25) is 0 Å². The highest BCUT2D eigenvalue weighted by Gasteiger charge is 2.22. The van der Waals surface area contributed by atoms with Crippen molar-refractivity contribution in [3.05, 3.63) is 76.2 Å². The van der Waals surface area contributed by atoms with Crippen molar-refractivity contribution < 1.29 is 4.84 Å². The van der Waals surface area contributed by atoms with Crippen LogP contribution in [0.1, 0.15) is 11.3 Å². The SMILES string of the molecule is CN1CCN(c2cc3c(=O)c(CON(C)CCc4ccccn4)c4sc5ccccc5n4c3nn2)CC1. The molecule has 5 heterocycles. The van der Waals surface area contributed by atoms with E-state index in [-0.39, 0.29) is 12.0 Å². The fourth-order valence-corrected chi connectivity index (χ4v) is 5.91. The van der Waals surface area contributed by atoms with Crippen LogP contribution in [-0.2, 0) is 17.9 Å². The molecule has 37 heavy (non-hydrogen) atoms. The van der Waals surface area contributed by atoms with Gasteiger partial charge in [0.15, 0.2) is 16.9 Å². The molecule has 10 heteroatoms. The van der Waals surface area contributed by atoms with Crippen LogP contribution >= 0.6 is 11.3 Å². The number of fused-ring (bicyclic) bond motifs is 5. The summed E-state index contributed by atoms with van der Waals surface area (Å²) in [5, 5.41) is 11.5. The summed E-state index contributed by atoms with van der Waals surface area (Å²) in [7, 11) is 4.01. The first-order valence-electron chi connectivity index (χ1n) is 12.5. The van der Waals surface area contributed by atoms with E-state index in [1.54, 1.807) is 22.6 Å². The lowest BCUT2D eigenvalue weighted by atomic mass is 10.2. The maximum atomic E-state index is 13.9. The van der Waals surface area contributed by atoms with Crippen molar-refractivity contribution in [1.29, 1.82) is 0 Å². The zero-order valence-corrected chi connectivity index (χ0v) is 21.8. The van der Waals surface area contributed by atoms with Crippen molar-refractivity contribution in [2.24, 2.45) is 0 Å². The number of aromatic nitrogens is 4. The first-order valence-corrected chi connectivity index (χ1v) is 13.3. The first-order chi connectivity index (χ1) is 18.1. The minimum Gasteiger partial charge on any atom is -0.353 e. The third kappa shape index (κ3) is 4.69. The van der Waals surface area contributed by atoms with Gasteiger partial charge in [0.2, 0.25) is 0 Å². The van der Waals surface area contributed by atoms with E-state index < -0.39 is 0 Å². The summed E-state index contributed by atoms with van der Waals surface area (Å²) >= 11 is 1.58. The van der Waals surface area contributed by atoms with Crippen molar-refractivity contribution in [2.75, 3.05) is 51.7 Å². The van der Waals surface area contributed by atoms with Gasteiger partial charge in [-0.05, 0) is 37.4 Å². The number of piperazine rings is 1. The summed E-state index contributed by atoms with van der Waals surface area (Å²) in [5.74, 6) is 0.747. The Balaban J connectivity index is 1.37. The first kappa shape index (κ1) is 23.9. The van der Waals surface area contributed by atoms with Gasteiger partial charge in [-0.2, -0.15) is 5.06 Å². The van der Waals surface area contributed by atoms with Crippen LogP contribution in [0.25, 0.3) is 26.1 Å². The Labute approximate surface area is 218 Å². The molecule has 0 unspecified atom stereocenters. The molecule has 1 aliphatic heterocycles. The molecule has 6 rings (SSSR count). The molecule has 0 spiro atoms. The molecule has 0 atom stereocenters. The lowest BCUT2D eigenvalue weighted by Crippen LogP contribution is -2.44. The van der Waals surface area contributed by atoms with Gasteiger partial charge in [0.1, 0.15) is 11.4 Å². The van der Waals surface area contributed by atoms with Crippen molar-refractivity contribution in [1.82, 2.24) is 29.5 Å². The Morgan fingerprint density at radius 2 is 1.86 bits per heavy atom. The van der Waals surface area contributed by atoms with Crippen LogP contribution in [0.3, 0.4) is 0 Å². The number of nitrogens with zero attached hydrogens (tertiary/aromatic N) is 7. The maximum Gasteiger partial charge on any atom is 0.198 e. The molecular weight excluding hydrogens is 486 g/mol. The Morgan fingerprint density at radius 1 is 1.05 bits per heavy atom. The summed E-state index contributed by atoms with van der Waals surface area (Å²) in [4.78, 5) is 29.7. The van der Waals surface area contributed by atoms with Crippen molar-refractivity contribution >= 4 is 43.2 Å². The third-order valence-electron chi connectivity index (χ3n) is 6.93. The van der Waals surface area contributed by atoms with Gasteiger partial charge in [0, 0.05) is 58.1 Å². The molecule has 0 radical (unpaired) electrons. The largest absolute Gasteiger partial charge is 0.353 e. The van der Waals surface area contributed by atoms with E-state index in [9.17, 15) is 4.79 Å². The van der Waals surface area contributed by atoms with E-state index in [0.717, 1.165) is 59.2 Å². The van der Waals surface area contributed by atoms with E-state index in [0.29, 0.717) is 23.1 Å². The van der Waals surface area contributed by atoms with Crippen LogP contribution in [-0.4, -0.2) is 76.4 Å². The molecule has 1 aromatic carbocycles. The van der Waals surface area contributed by atoms with E-state index >= 15 is 0 Å². The minimum atomic E-state index is -0.0510. The number of likely N-dealkylation sites (N-methyl/N-ethyl adjacent to an activating group) is 2. The Bertz CT molecular complexity index is 1610. The fourth-order valence-electron chi connectivity index (χ4n) is 4.74. The molecule has 0 saturated carbocycles. The standard InChI is InChI=1S/C27H29N7O2S/c1-31-13-15-33(16-14-31)24-17-20-25(35)21(18-36-32(2)12-10-19-7-5-6-11-28-19)27-34(26(20)30-29-24)22-8-3-4-9-23(22)37-27/h3-9,11,17H,10,12-16,18H2,1-2H3. The molecule has 1 aliphatic rings. The summed E-state index contributed by atoms with van der Waals surface area (Å²) in [6.07, 6.45) is 2.56. The van der Waals surface area contributed by atoms with Gasteiger partial charge in [-0.1, -0.05) is 18.2 Å². The molecule has 1 fully saturated rings. The second-order valence-corrected chi connectivity index (χ2v) is 10.5. The third-order valence-corrected chi connectivity index (χ3v) is 8.12.